The molecule has 2 rings (SSSR count). The van der Waals surface area contributed by atoms with Gasteiger partial charge in [-0.1, -0.05) is 19.8 Å². The van der Waals surface area contributed by atoms with Crippen molar-refractivity contribution in [2.24, 2.45) is 5.92 Å². The Hall–Kier alpha value is -1.58. The van der Waals surface area contributed by atoms with E-state index in [2.05, 4.69) is 6.92 Å². The summed E-state index contributed by atoms with van der Waals surface area (Å²) in [5.41, 5.74) is 0. The summed E-state index contributed by atoms with van der Waals surface area (Å²) in [6, 6.07) is 3.41. The molecule has 0 spiro atoms. The Balaban J connectivity index is 1.95. The van der Waals surface area contributed by atoms with Gasteiger partial charge in [0.15, 0.2) is 12.0 Å². The van der Waals surface area contributed by atoms with Crippen LogP contribution in [0.2, 0.25) is 0 Å². The molecule has 0 radical (unpaired) electrons. The van der Waals surface area contributed by atoms with Crippen LogP contribution >= 0.6 is 0 Å². The maximum atomic E-state index is 12.1. The summed E-state index contributed by atoms with van der Waals surface area (Å²) >= 11 is 0. The van der Waals surface area contributed by atoms with Gasteiger partial charge in [-0.2, -0.15) is 0 Å². The molecule has 0 aromatic carbocycles. The molecule has 1 saturated heterocycles. The van der Waals surface area contributed by atoms with Crippen molar-refractivity contribution < 1.29 is 14.0 Å². The van der Waals surface area contributed by atoms with Gasteiger partial charge in [0, 0.05) is 13.0 Å². The molecule has 1 aliphatic heterocycles. The number of furan rings is 1. The normalized spacial score (nSPS) is 20.4. The second kappa shape index (κ2) is 6.55. The number of rotatable bonds is 5. The van der Waals surface area contributed by atoms with Crippen LogP contribution in [0.25, 0.3) is 0 Å². The molecule has 4 heteroatoms. The largest absolute Gasteiger partial charge is 0.456 e. The summed E-state index contributed by atoms with van der Waals surface area (Å²) in [6.07, 6.45) is 5.77. The van der Waals surface area contributed by atoms with Crippen molar-refractivity contribution in [1.82, 2.24) is 4.90 Å². The smallest absolute Gasteiger partial charge is 0.222 e. The minimum absolute atomic E-state index is 0.197. The Morgan fingerprint density at radius 3 is 2.95 bits per heavy atom. The first kappa shape index (κ1) is 13.8. The Labute approximate surface area is 113 Å². The summed E-state index contributed by atoms with van der Waals surface area (Å²) < 4.78 is 5.34. The zero-order valence-electron chi connectivity index (χ0n) is 11.4. The standard InChI is InChI=1S/C15H21NO3/c1-2-3-12-4-7-15(18)16(9-8-12)10-13-5-6-14(11-17)19-13/h5-6,11-12H,2-4,7-10H2,1H3. The summed E-state index contributed by atoms with van der Waals surface area (Å²) in [5.74, 6) is 1.87. The van der Waals surface area contributed by atoms with Crippen molar-refractivity contribution in [2.45, 2.75) is 45.6 Å². The molecule has 1 unspecified atom stereocenters. The van der Waals surface area contributed by atoms with Gasteiger partial charge in [-0.25, -0.2) is 0 Å². The molecule has 1 aliphatic rings. The highest BCUT2D eigenvalue weighted by molar-refractivity contribution is 5.76. The van der Waals surface area contributed by atoms with E-state index in [0.717, 1.165) is 19.4 Å². The average Bonchev–Trinajstić information content (AvgIpc) is 2.80. The monoisotopic (exact) mass is 263 g/mol. The van der Waals surface area contributed by atoms with E-state index in [0.29, 0.717) is 36.7 Å². The Morgan fingerprint density at radius 1 is 1.42 bits per heavy atom. The first-order valence-corrected chi connectivity index (χ1v) is 7.04. The highest BCUT2D eigenvalue weighted by atomic mass is 16.3. The minimum Gasteiger partial charge on any atom is -0.456 e. The van der Waals surface area contributed by atoms with Crippen LogP contribution in [0, 0.1) is 5.92 Å². The first-order valence-electron chi connectivity index (χ1n) is 7.04. The third-order valence-corrected chi connectivity index (χ3v) is 3.77. The van der Waals surface area contributed by atoms with Crippen molar-refractivity contribution in [3.05, 3.63) is 23.7 Å². The molecule has 0 saturated carbocycles. The van der Waals surface area contributed by atoms with Crippen LogP contribution in [0.5, 0.6) is 0 Å². The lowest BCUT2D eigenvalue weighted by Crippen LogP contribution is -2.29. The number of likely N-dealkylation sites (tertiary alicyclic amines) is 1. The van der Waals surface area contributed by atoms with E-state index >= 15 is 0 Å². The quantitative estimate of drug-likeness (QED) is 0.767. The van der Waals surface area contributed by atoms with Crippen molar-refractivity contribution in [3.8, 4) is 0 Å². The van der Waals surface area contributed by atoms with Crippen LogP contribution < -0.4 is 0 Å². The average molecular weight is 263 g/mol. The molecule has 1 amide bonds. The summed E-state index contributed by atoms with van der Waals surface area (Å²) in [6.45, 7) is 3.46. The second-order valence-electron chi connectivity index (χ2n) is 5.22. The zero-order valence-corrected chi connectivity index (χ0v) is 11.4. The number of aldehydes is 1. The molecule has 19 heavy (non-hydrogen) atoms. The summed E-state index contributed by atoms with van der Waals surface area (Å²) in [4.78, 5) is 24.5. The van der Waals surface area contributed by atoms with Crippen LogP contribution in [-0.2, 0) is 11.3 Å². The minimum atomic E-state index is 0.197. The SMILES string of the molecule is CCCC1CCC(=O)N(Cc2ccc(C=O)o2)CC1. The molecule has 1 atom stereocenters. The Bertz CT molecular complexity index is 438. The fourth-order valence-electron chi connectivity index (χ4n) is 2.69. The van der Waals surface area contributed by atoms with Crippen LogP contribution in [-0.4, -0.2) is 23.6 Å². The van der Waals surface area contributed by atoms with Gasteiger partial charge in [0.1, 0.15) is 5.76 Å². The van der Waals surface area contributed by atoms with Gasteiger partial charge >= 0.3 is 0 Å². The van der Waals surface area contributed by atoms with E-state index < -0.39 is 0 Å². The van der Waals surface area contributed by atoms with Gasteiger partial charge in [-0.15, -0.1) is 0 Å². The molecule has 2 heterocycles. The van der Waals surface area contributed by atoms with E-state index in [-0.39, 0.29) is 5.91 Å². The third-order valence-electron chi connectivity index (χ3n) is 3.77. The fourth-order valence-corrected chi connectivity index (χ4v) is 2.69. The summed E-state index contributed by atoms with van der Waals surface area (Å²) in [5, 5.41) is 0. The van der Waals surface area contributed by atoms with E-state index in [4.69, 9.17) is 4.42 Å². The molecule has 4 nitrogen and oxygen atoms in total. The van der Waals surface area contributed by atoms with E-state index in [1.165, 1.54) is 12.8 Å². The molecule has 1 fully saturated rings. The molecule has 0 N–H and O–H groups in total. The molecular weight excluding hydrogens is 242 g/mol. The number of hydrogen-bond donors (Lipinski definition) is 0. The van der Waals surface area contributed by atoms with Gasteiger partial charge in [0.05, 0.1) is 6.54 Å². The van der Waals surface area contributed by atoms with Gasteiger partial charge in [-0.05, 0) is 30.9 Å². The maximum absolute atomic E-state index is 12.1. The molecule has 104 valence electrons. The fraction of sp³-hybridized carbons (Fsp3) is 0.600. The highest BCUT2D eigenvalue weighted by Crippen LogP contribution is 2.23. The zero-order chi connectivity index (χ0) is 13.7. The first-order chi connectivity index (χ1) is 9.22. The number of nitrogens with zero attached hydrogens (tertiary/aromatic N) is 1. The number of carbonyl (C=O) groups excluding carboxylic acids is 2. The predicted octanol–water partition coefficient (Wildman–Crippen LogP) is 3.02. The Morgan fingerprint density at radius 2 is 2.26 bits per heavy atom. The molecule has 0 bridgehead atoms. The molecule has 0 aliphatic carbocycles. The van der Waals surface area contributed by atoms with Crippen molar-refractivity contribution in [1.29, 1.82) is 0 Å². The lowest BCUT2D eigenvalue weighted by Gasteiger charge is -2.19. The van der Waals surface area contributed by atoms with Gasteiger partial charge in [0.2, 0.25) is 5.91 Å². The van der Waals surface area contributed by atoms with E-state index in [9.17, 15) is 9.59 Å². The maximum Gasteiger partial charge on any atom is 0.222 e. The van der Waals surface area contributed by atoms with Crippen molar-refractivity contribution >= 4 is 12.2 Å². The van der Waals surface area contributed by atoms with Crippen molar-refractivity contribution in [2.75, 3.05) is 6.54 Å². The van der Waals surface area contributed by atoms with Gasteiger partial charge in [0.25, 0.3) is 0 Å². The Kier molecular flexibility index (Phi) is 4.77. The molecule has 1 aromatic rings. The lowest BCUT2D eigenvalue weighted by molar-refractivity contribution is -0.131. The van der Waals surface area contributed by atoms with Gasteiger partial charge in [-0.3, -0.25) is 9.59 Å². The summed E-state index contributed by atoms with van der Waals surface area (Å²) in [7, 11) is 0. The van der Waals surface area contributed by atoms with Crippen LogP contribution in [0.15, 0.2) is 16.5 Å². The topological polar surface area (TPSA) is 50.5 Å². The van der Waals surface area contributed by atoms with Crippen LogP contribution in [0.1, 0.15) is 55.3 Å². The second-order valence-corrected chi connectivity index (χ2v) is 5.22. The lowest BCUT2D eigenvalue weighted by atomic mass is 9.96. The van der Waals surface area contributed by atoms with E-state index in [1.807, 2.05) is 4.90 Å². The number of hydrogen-bond acceptors (Lipinski definition) is 3. The van der Waals surface area contributed by atoms with Crippen molar-refractivity contribution in [3.63, 3.8) is 0 Å². The van der Waals surface area contributed by atoms with Crippen LogP contribution in [0.3, 0.4) is 0 Å². The third kappa shape index (κ3) is 3.69. The predicted molar refractivity (Wildman–Crippen MR) is 71.8 cm³/mol. The molecule has 1 aromatic heterocycles. The highest BCUT2D eigenvalue weighted by Gasteiger charge is 2.22. The van der Waals surface area contributed by atoms with Crippen LogP contribution in [0.4, 0.5) is 0 Å². The number of amides is 1. The van der Waals surface area contributed by atoms with Gasteiger partial charge < -0.3 is 9.32 Å². The number of carbonyl (C=O) groups is 2. The van der Waals surface area contributed by atoms with E-state index in [1.54, 1.807) is 12.1 Å². The molecular formula is C15H21NO3.